The summed E-state index contributed by atoms with van der Waals surface area (Å²) < 4.78 is 1.67. The molecule has 2 rings (SSSR count). The second kappa shape index (κ2) is 5.52. The van der Waals surface area contributed by atoms with Crippen LogP contribution in [0.5, 0.6) is 0 Å². The Labute approximate surface area is 108 Å². The van der Waals surface area contributed by atoms with Crippen molar-refractivity contribution >= 4 is 5.91 Å². The highest BCUT2D eigenvalue weighted by Crippen LogP contribution is 2.12. The lowest BCUT2D eigenvalue weighted by atomic mass is 10.1. The van der Waals surface area contributed by atoms with E-state index in [0.29, 0.717) is 11.6 Å². The largest absolute Gasteiger partial charge is 0.335 e. The molecule has 2 heterocycles. The van der Waals surface area contributed by atoms with Gasteiger partial charge in [-0.25, -0.2) is 0 Å². The van der Waals surface area contributed by atoms with Gasteiger partial charge in [0.15, 0.2) is 0 Å². The molecule has 100 valence electrons. The lowest BCUT2D eigenvalue weighted by molar-refractivity contribution is 0.0689. The third-order valence-electron chi connectivity index (χ3n) is 3.42. The molecular formula is C13H22N4O. The molecule has 0 radical (unpaired) electrons. The molecule has 1 fully saturated rings. The van der Waals surface area contributed by atoms with Crippen LogP contribution in [0.4, 0.5) is 0 Å². The number of rotatable bonds is 4. The first-order valence-electron chi connectivity index (χ1n) is 6.61. The molecule has 0 saturated carbocycles. The van der Waals surface area contributed by atoms with E-state index in [-0.39, 0.29) is 11.9 Å². The van der Waals surface area contributed by atoms with Crippen LogP contribution in [0.3, 0.4) is 0 Å². The molecule has 1 aliphatic rings. The zero-order valence-electron chi connectivity index (χ0n) is 11.4. The normalized spacial score (nSPS) is 19.4. The van der Waals surface area contributed by atoms with Crippen LogP contribution in [0.25, 0.3) is 0 Å². The molecule has 1 amide bonds. The molecule has 1 aromatic rings. The molecule has 0 aliphatic carbocycles. The lowest BCUT2D eigenvalue weighted by Crippen LogP contribution is -2.44. The van der Waals surface area contributed by atoms with Crippen molar-refractivity contribution in [3.63, 3.8) is 0 Å². The number of carbonyl (C=O) groups is 1. The lowest BCUT2D eigenvalue weighted by Gasteiger charge is -2.29. The van der Waals surface area contributed by atoms with Gasteiger partial charge < -0.3 is 10.2 Å². The van der Waals surface area contributed by atoms with E-state index in [0.717, 1.165) is 19.5 Å². The summed E-state index contributed by atoms with van der Waals surface area (Å²) in [6.45, 7) is 5.97. The first kappa shape index (κ1) is 13.1. The molecule has 0 aromatic carbocycles. The van der Waals surface area contributed by atoms with Gasteiger partial charge in [-0.15, -0.1) is 0 Å². The summed E-state index contributed by atoms with van der Waals surface area (Å²) in [5.41, 5.74) is 0.671. The highest BCUT2D eigenvalue weighted by molar-refractivity contribution is 5.93. The van der Waals surface area contributed by atoms with Gasteiger partial charge in [0, 0.05) is 31.9 Å². The molecule has 1 atom stereocenters. The Hall–Kier alpha value is -1.36. The van der Waals surface area contributed by atoms with Gasteiger partial charge >= 0.3 is 0 Å². The molecule has 1 aliphatic heterocycles. The fourth-order valence-corrected chi connectivity index (χ4v) is 2.38. The van der Waals surface area contributed by atoms with Gasteiger partial charge in [-0.05, 0) is 33.2 Å². The monoisotopic (exact) mass is 250 g/mol. The molecule has 5 nitrogen and oxygen atoms in total. The van der Waals surface area contributed by atoms with Crippen LogP contribution in [-0.2, 0) is 7.05 Å². The highest BCUT2D eigenvalue weighted by Gasteiger charge is 2.24. The second-order valence-electron chi connectivity index (χ2n) is 5.25. The van der Waals surface area contributed by atoms with Crippen molar-refractivity contribution in [3.8, 4) is 0 Å². The predicted molar refractivity (Wildman–Crippen MR) is 70.4 cm³/mol. The Balaban J connectivity index is 2.06. The van der Waals surface area contributed by atoms with Gasteiger partial charge in [0.25, 0.3) is 5.91 Å². The highest BCUT2D eigenvalue weighted by atomic mass is 16.2. The summed E-state index contributed by atoms with van der Waals surface area (Å²) >= 11 is 0. The zero-order valence-corrected chi connectivity index (χ0v) is 11.4. The molecule has 5 heteroatoms. The maximum Gasteiger partial charge on any atom is 0.257 e. The molecule has 1 unspecified atom stereocenters. The van der Waals surface area contributed by atoms with Gasteiger partial charge in [0.05, 0.1) is 11.8 Å². The van der Waals surface area contributed by atoms with E-state index in [9.17, 15) is 4.79 Å². The van der Waals surface area contributed by atoms with Gasteiger partial charge in [-0.2, -0.15) is 5.10 Å². The van der Waals surface area contributed by atoms with Crippen molar-refractivity contribution in [1.82, 2.24) is 20.0 Å². The minimum absolute atomic E-state index is 0.0757. The number of nitrogens with one attached hydrogen (secondary N) is 1. The van der Waals surface area contributed by atoms with E-state index in [1.165, 1.54) is 6.42 Å². The number of carbonyl (C=O) groups excluding carboxylic acids is 1. The van der Waals surface area contributed by atoms with Gasteiger partial charge in [0.1, 0.15) is 0 Å². The number of aromatic nitrogens is 2. The van der Waals surface area contributed by atoms with E-state index in [2.05, 4.69) is 24.3 Å². The van der Waals surface area contributed by atoms with Crippen LogP contribution in [0.1, 0.15) is 37.0 Å². The maximum absolute atomic E-state index is 12.4. The van der Waals surface area contributed by atoms with Gasteiger partial charge in [-0.1, -0.05) is 0 Å². The van der Waals surface area contributed by atoms with Crippen LogP contribution in [0.15, 0.2) is 12.4 Å². The van der Waals surface area contributed by atoms with E-state index in [4.69, 9.17) is 0 Å². The summed E-state index contributed by atoms with van der Waals surface area (Å²) in [7, 11) is 1.83. The summed E-state index contributed by atoms with van der Waals surface area (Å²) in [4.78, 5) is 14.4. The molecule has 1 N–H and O–H groups in total. The van der Waals surface area contributed by atoms with E-state index >= 15 is 0 Å². The Morgan fingerprint density at radius 2 is 2.44 bits per heavy atom. The second-order valence-corrected chi connectivity index (χ2v) is 5.25. The predicted octanol–water partition coefficient (Wildman–Crippen LogP) is 1.02. The van der Waals surface area contributed by atoms with Crippen molar-refractivity contribution in [2.24, 2.45) is 7.05 Å². The van der Waals surface area contributed by atoms with Crippen molar-refractivity contribution in [2.75, 3.05) is 13.1 Å². The van der Waals surface area contributed by atoms with Crippen LogP contribution < -0.4 is 5.32 Å². The molecule has 18 heavy (non-hydrogen) atoms. The smallest absolute Gasteiger partial charge is 0.257 e. The van der Waals surface area contributed by atoms with E-state index in [1.807, 2.05) is 11.9 Å². The molecular weight excluding hydrogens is 228 g/mol. The Morgan fingerprint density at radius 3 is 2.94 bits per heavy atom. The summed E-state index contributed by atoms with van der Waals surface area (Å²) in [5, 5.41) is 7.50. The van der Waals surface area contributed by atoms with Gasteiger partial charge in [0.2, 0.25) is 0 Å². The first-order valence-corrected chi connectivity index (χ1v) is 6.61. The summed E-state index contributed by atoms with van der Waals surface area (Å²) in [6, 6.07) is 0.646. The standard InChI is InChI=1S/C13H22N4O/c1-10(2)17(9-12-5-4-6-14-12)13(18)11-7-15-16(3)8-11/h7-8,10,12,14H,4-6,9H2,1-3H3. The summed E-state index contributed by atoms with van der Waals surface area (Å²) in [5.74, 6) is 0.0757. The third-order valence-corrected chi connectivity index (χ3v) is 3.42. The number of amides is 1. The molecule has 0 bridgehead atoms. The Kier molecular flexibility index (Phi) is 4.01. The molecule has 1 saturated heterocycles. The topological polar surface area (TPSA) is 50.2 Å². The fourth-order valence-electron chi connectivity index (χ4n) is 2.38. The van der Waals surface area contributed by atoms with E-state index < -0.39 is 0 Å². The van der Waals surface area contributed by atoms with E-state index in [1.54, 1.807) is 17.1 Å². The van der Waals surface area contributed by atoms with Crippen LogP contribution >= 0.6 is 0 Å². The van der Waals surface area contributed by atoms with Crippen LogP contribution in [0.2, 0.25) is 0 Å². The average molecular weight is 250 g/mol. The van der Waals surface area contributed by atoms with Crippen molar-refractivity contribution in [3.05, 3.63) is 18.0 Å². The molecule has 1 aromatic heterocycles. The van der Waals surface area contributed by atoms with Crippen molar-refractivity contribution in [1.29, 1.82) is 0 Å². The Bertz CT molecular complexity index is 407. The SMILES string of the molecule is CC(C)N(CC1CCCN1)C(=O)c1cnn(C)c1. The molecule has 0 spiro atoms. The maximum atomic E-state index is 12.4. The minimum Gasteiger partial charge on any atom is -0.335 e. The average Bonchev–Trinajstić information content (AvgIpc) is 2.95. The van der Waals surface area contributed by atoms with Gasteiger partial charge in [-0.3, -0.25) is 9.48 Å². The van der Waals surface area contributed by atoms with Crippen molar-refractivity contribution < 1.29 is 4.79 Å². The zero-order chi connectivity index (χ0) is 13.1. The number of hydrogen-bond donors (Lipinski definition) is 1. The number of nitrogens with zero attached hydrogens (tertiary/aromatic N) is 3. The van der Waals surface area contributed by atoms with Crippen molar-refractivity contribution in [2.45, 2.75) is 38.8 Å². The third kappa shape index (κ3) is 2.90. The first-order chi connectivity index (χ1) is 8.58. The van der Waals surface area contributed by atoms with Crippen LogP contribution in [0, 0.1) is 0 Å². The quantitative estimate of drug-likeness (QED) is 0.868. The minimum atomic E-state index is 0.0757. The summed E-state index contributed by atoms with van der Waals surface area (Å²) in [6.07, 6.45) is 5.78. The fraction of sp³-hybridized carbons (Fsp3) is 0.692. The number of hydrogen-bond acceptors (Lipinski definition) is 3. The Morgan fingerprint density at radius 1 is 1.67 bits per heavy atom. The number of aryl methyl sites for hydroxylation is 1. The van der Waals surface area contributed by atoms with Crippen LogP contribution in [-0.4, -0.2) is 45.8 Å².